The number of fused-ring (bicyclic) bond motifs is 1. The number of ether oxygens (including phenoxy) is 1. The topological polar surface area (TPSA) is 48.4 Å². The highest BCUT2D eigenvalue weighted by atomic mass is 79.9. The van der Waals surface area contributed by atoms with Crippen molar-refractivity contribution in [3.63, 3.8) is 0 Å². The molecule has 0 bridgehead atoms. The lowest BCUT2D eigenvalue weighted by Gasteiger charge is -2.11. The molecule has 1 aromatic heterocycles. The Morgan fingerprint density at radius 1 is 1.29 bits per heavy atom. The summed E-state index contributed by atoms with van der Waals surface area (Å²) in [6, 6.07) is 7.68. The van der Waals surface area contributed by atoms with Gasteiger partial charge in [0, 0.05) is 6.42 Å². The fourth-order valence-corrected chi connectivity index (χ4v) is 2.53. The highest BCUT2D eigenvalue weighted by Gasteiger charge is 2.19. The van der Waals surface area contributed by atoms with Crippen molar-refractivity contribution in [3.8, 4) is 5.75 Å². The normalized spacial score (nSPS) is 15.4. The standard InChI is InChI=1S/C13H12BrNO2/c14-10-4-6-17-13(10)12(15)9-1-2-11-8(7-9)3-5-16-11/h1-2,4,6-7,12H,3,5,15H2. The molecule has 1 unspecified atom stereocenters. The molecule has 4 heteroatoms. The first-order valence-electron chi connectivity index (χ1n) is 5.50. The monoisotopic (exact) mass is 293 g/mol. The molecule has 88 valence electrons. The van der Waals surface area contributed by atoms with Crippen LogP contribution in [-0.2, 0) is 6.42 Å². The van der Waals surface area contributed by atoms with Gasteiger partial charge in [-0.1, -0.05) is 6.07 Å². The summed E-state index contributed by atoms with van der Waals surface area (Å²) in [5.41, 5.74) is 8.46. The van der Waals surface area contributed by atoms with Gasteiger partial charge >= 0.3 is 0 Å². The van der Waals surface area contributed by atoms with Crippen molar-refractivity contribution in [2.75, 3.05) is 6.61 Å². The molecule has 2 N–H and O–H groups in total. The first-order chi connectivity index (χ1) is 8.25. The van der Waals surface area contributed by atoms with Crippen LogP contribution in [0.1, 0.15) is 22.9 Å². The van der Waals surface area contributed by atoms with E-state index < -0.39 is 0 Å². The molecule has 0 aliphatic carbocycles. The molecule has 3 rings (SSSR count). The number of halogens is 1. The van der Waals surface area contributed by atoms with Gasteiger partial charge in [0.25, 0.3) is 0 Å². The van der Waals surface area contributed by atoms with E-state index in [9.17, 15) is 0 Å². The average Bonchev–Trinajstić information content (AvgIpc) is 2.95. The van der Waals surface area contributed by atoms with Crippen molar-refractivity contribution in [1.82, 2.24) is 0 Å². The summed E-state index contributed by atoms with van der Waals surface area (Å²) in [7, 11) is 0. The zero-order valence-electron chi connectivity index (χ0n) is 9.15. The zero-order chi connectivity index (χ0) is 11.8. The number of nitrogens with two attached hydrogens (primary N) is 1. The van der Waals surface area contributed by atoms with Gasteiger partial charge in [0.05, 0.1) is 23.4 Å². The van der Waals surface area contributed by atoms with Crippen molar-refractivity contribution in [2.45, 2.75) is 12.5 Å². The van der Waals surface area contributed by atoms with Crippen LogP contribution in [0.4, 0.5) is 0 Å². The second-order valence-corrected chi connectivity index (χ2v) is 4.93. The Balaban J connectivity index is 1.97. The number of rotatable bonds is 2. The van der Waals surface area contributed by atoms with Crippen molar-refractivity contribution in [2.24, 2.45) is 5.73 Å². The maximum absolute atomic E-state index is 6.19. The Morgan fingerprint density at radius 2 is 2.18 bits per heavy atom. The first kappa shape index (κ1) is 10.9. The van der Waals surface area contributed by atoms with Crippen LogP contribution in [0.3, 0.4) is 0 Å². The van der Waals surface area contributed by atoms with E-state index in [4.69, 9.17) is 14.9 Å². The molecule has 2 aromatic rings. The lowest BCUT2D eigenvalue weighted by molar-refractivity contribution is 0.357. The van der Waals surface area contributed by atoms with Crippen molar-refractivity contribution in [1.29, 1.82) is 0 Å². The molecule has 17 heavy (non-hydrogen) atoms. The fourth-order valence-electron chi connectivity index (χ4n) is 2.08. The number of benzene rings is 1. The minimum atomic E-state index is -0.245. The van der Waals surface area contributed by atoms with E-state index in [2.05, 4.69) is 22.0 Å². The summed E-state index contributed by atoms with van der Waals surface area (Å²) in [6.45, 7) is 0.762. The third-order valence-electron chi connectivity index (χ3n) is 3.00. The average molecular weight is 294 g/mol. The molecular weight excluding hydrogens is 282 g/mol. The second-order valence-electron chi connectivity index (χ2n) is 4.08. The van der Waals surface area contributed by atoms with Crippen LogP contribution in [0.15, 0.2) is 39.4 Å². The Hall–Kier alpha value is -1.26. The van der Waals surface area contributed by atoms with Gasteiger partial charge in [0.15, 0.2) is 0 Å². The predicted molar refractivity (Wildman–Crippen MR) is 68.1 cm³/mol. The molecule has 0 saturated heterocycles. The Bertz CT molecular complexity index is 550. The van der Waals surface area contributed by atoms with Crippen LogP contribution in [0, 0.1) is 0 Å². The Labute approximate surface area is 108 Å². The molecule has 0 spiro atoms. The third-order valence-corrected chi connectivity index (χ3v) is 3.65. The molecule has 1 atom stereocenters. The molecule has 0 amide bonds. The summed E-state index contributed by atoms with van der Waals surface area (Å²) < 4.78 is 11.8. The molecule has 0 saturated carbocycles. The fraction of sp³-hybridized carbons (Fsp3) is 0.231. The van der Waals surface area contributed by atoms with Gasteiger partial charge in [0.2, 0.25) is 0 Å². The highest BCUT2D eigenvalue weighted by molar-refractivity contribution is 9.10. The van der Waals surface area contributed by atoms with Crippen LogP contribution in [0.25, 0.3) is 0 Å². The van der Waals surface area contributed by atoms with E-state index in [0.29, 0.717) is 0 Å². The summed E-state index contributed by atoms with van der Waals surface area (Å²) in [5, 5.41) is 0. The van der Waals surface area contributed by atoms with Gasteiger partial charge in [-0.25, -0.2) is 0 Å². The number of furan rings is 1. The van der Waals surface area contributed by atoms with Crippen LogP contribution < -0.4 is 10.5 Å². The van der Waals surface area contributed by atoms with Gasteiger partial charge in [0.1, 0.15) is 11.5 Å². The second kappa shape index (κ2) is 4.20. The van der Waals surface area contributed by atoms with Gasteiger partial charge in [-0.15, -0.1) is 0 Å². The Kier molecular flexibility index (Phi) is 2.68. The predicted octanol–water partition coefficient (Wildman–Crippen LogP) is 3.03. The van der Waals surface area contributed by atoms with E-state index in [0.717, 1.165) is 34.6 Å². The van der Waals surface area contributed by atoms with Crippen molar-refractivity contribution in [3.05, 3.63) is 51.9 Å². The van der Waals surface area contributed by atoms with E-state index in [-0.39, 0.29) is 6.04 Å². The van der Waals surface area contributed by atoms with E-state index in [1.165, 1.54) is 5.56 Å². The molecule has 0 fully saturated rings. The highest BCUT2D eigenvalue weighted by Crippen LogP contribution is 2.32. The first-order valence-corrected chi connectivity index (χ1v) is 6.29. The molecule has 1 aliphatic rings. The molecule has 0 radical (unpaired) electrons. The van der Waals surface area contributed by atoms with Crippen molar-refractivity contribution >= 4 is 15.9 Å². The van der Waals surface area contributed by atoms with Crippen LogP contribution in [0.5, 0.6) is 5.75 Å². The molecule has 1 aromatic carbocycles. The van der Waals surface area contributed by atoms with Gasteiger partial charge in [-0.2, -0.15) is 0 Å². The molecule has 3 nitrogen and oxygen atoms in total. The lowest BCUT2D eigenvalue weighted by atomic mass is 10.0. The minimum absolute atomic E-state index is 0.245. The SMILES string of the molecule is NC(c1ccc2c(c1)CCO2)c1occc1Br. The molecule has 2 heterocycles. The van der Waals surface area contributed by atoms with Crippen LogP contribution in [0.2, 0.25) is 0 Å². The van der Waals surface area contributed by atoms with E-state index >= 15 is 0 Å². The maximum atomic E-state index is 6.19. The summed E-state index contributed by atoms with van der Waals surface area (Å²) >= 11 is 3.43. The molecular formula is C13H12BrNO2. The summed E-state index contributed by atoms with van der Waals surface area (Å²) in [6.07, 6.45) is 2.59. The zero-order valence-corrected chi connectivity index (χ0v) is 10.7. The summed E-state index contributed by atoms with van der Waals surface area (Å²) in [5.74, 6) is 1.73. The number of hydrogen-bond donors (Lipinski definition) is 1. The minimum Gasteiger partial charge on any atom is -0.493 e. The summed E-state index contributed by atoms with van der Waals surface area (Å²) in [4.78, 5) is 0. The van der Waals surface area contributed by atoms with E-state index in [1.54, 1.807) is 6.26 Å². The van der Waals surface area contributed by atoms with Gasteiger partial charge in [-0.3, -0.25) is 0 Å². The Morgan fingerprint density at radius 3 is 2.94 bits per heavy atom. The largest absolute Gasteiger partial charge is 0.493 e. The lowest BCUT2D eigenvalue weighted by Crippen LogP contribution is -2.11. The quantitative estimate of drug-likeness (QED) is 0.926. The maximum Gasteiger partial charge on any atom is 0.139 e. The smallest absolute Gasteiger partial charge is 0.139 e. The van der Waals surface area contributed by atoms with E-state index in [1.807, 2.05) is 18.2 Å². The van der Waals surface area contributed by atoms with Gasteiger partial charge < -0.3 is 14.9 Å². The number of hydrogen-bond acceptors (Lipinski definition) is 3. The van der Waals surface area contributed by atoms with Crippen LogP contribution in [-0.4, -0.2) is 6.61 Å². The van der Waals surface area contributed by atoms with Gasteiger partial charge in [-0.05, 0) is 45.3 Å². The van der Waals surface area contributed by atoms with Crippen molar-refractivity contribution < 1.29 is 9.15 Å². The third kappa shape index (κ3) is 1.87. The molecule has 1 aliphatic heterocycles. The van der Waals surface area contributed by atoms with Crippen LogP contribution >= 0.6 is 15.9 Å².